The highest BCUT2D eigenvalue weighted by atomic mass is 16.6. The molecule has 7 nitrogen and oxygen atoms in total. The number of hydrogen-bond donors (Lipinski definition) is 1. The van der Waals surface area contributed by atoms with Gasteiger partial charge in [-0.05, 0) is 69.5 Å². The van der Waals surface area contributed by atoms with Gasteiger partial charge in [-0.25, -0.2) is 4.79 Å². The molecule has 1 aliphatic rings. The molecule has 1 N–H and O–H groups in total. The molecule has 2 aromatic carbocycles. The Morgan fingerprint density at radius 3 is 2.24 bits per heavy atom. The van der Waals surface area contributed by atoms with E-state index in [4.69, 9.17) is 4.74 Å². The van der Waals surface area contributed by atoms with Crippen molar-refractivity contribution in [1.29, 1.82) is 0 Å². The second kappa shape index (κ2) is 10.4. The molecule has 1 unspecified atom stereocenters. The highest BCUT2D eigenvalue weighted by Crippen LogP contribution is 2.25. The molecule has 0 spiro atoms. The van der Waals surface area contributed by atoms with E-state index in [9.17, 15) is 14.7 Å². The van der Waals surface area contributed by atoms with Gasteiger partial charge in [0.15, 0.2) is 0 Å². The van der Waals surface area contributed by atoms with Crippen LogP contribution >= 0.6 is 0 Å². The zero-order valence-corrected chi connectivity index (χ0v) is 21.2. The Balaban J connectivity index is 1.76. The maximum absolute atomic E-state index is 13.7. The fourth-order valence-corrected chi connectivity index (χ4v) is 4.16. The van der Waals surface area contributed by atoms with Gasteiger partial charge in [-0.1, -0.05) is 24.3 Å². The number of aryl methyl sites for hydroxylation is 1. The summed E-state index contributed by atoms with van der Waals surface area (Å²) in [7, 11) is 1.61. The van der Waals surface area contributed by atoms with Crippen molar-refractivity contribution in [2.24, 2.45) is 0 Å². The Morgan fingerprint density at radius 2 is 1.65 bits per heavy atom. The zero-order chi connectivity index (χ0) is 25.0. The number of benzene rings is 2. The number of phenols is 1. The van der Waals surface area contributed by atoms with Gasteiger partial charge in [-0.15, -0.1) is 0 Å². The average molecular weight is 468 g/mol. The normalized spacial score (nSPS) is 15.1. The van der Waals surface area contributed by atoms with Crippen molar-refractivity contribution in [3.63, 3.8) is 0 Å². The number of piperazine rings is 1. The minimum absolute atomic E-state index is 0.0953. The van der Waals surface area contributed by atoms with Crippen LogP contribution in [0, 0.1) is 13.8 Å². The van der Waals surface area contributed by atoms with E-state index in [-0.39, 0.29) is 11.7 Å². The maximum Gasteiger partial charge on any atom is 0.410 e. The Kier molecular flexibility index (Phi) is 7.75. The van der Waals surface area contributed by atoms with Crippen LogP contribution in [0.1, 0.15) is 37.5 Å². The van der Waals surface area contributed by atoms with Crippen LogP contribution in [0.3, 0.4) is 0 Å². The van der Waals surface area contributed by atoms with Gasteiger partial charge < -0.3 is 19.6 Å². The summed E-state index contributed by atoms with van der Waals surface area (Å²) in [5.41, 5.74) is 3.93. The molecule has 1 heterocycles. The fraction of sp³-hybridized carbons (Fsp3) is 0.481. The second-order valence-corrected chi connectivity index (χ2v) is 10.0. The molecule has 0 saturated carbocycles. The molecule has 0 bridgehead atoms. The third-order valence-corrected chi connectivity index (χ3v) is 6.31. The Labute approximate surface area is 202 Å². The van der Waals surface area contributed by atoms with Gasteiger partial charge in [0.2, 0.25) is 5.91 Å². The third kappa shape index (κ3) is 6.22. The van der Waals surface area contributed by atoms with Gasteiger partial charge in [-0.3, -0.25) is 9.69 Å². The van der Waals surface area contributed by atoms with Crippen LogP contribution < -0.4 is 4.90 Å². The van der Waals surface area contributed by atoms with Crippen LogP contribution in [-0.4, -0.2) is 71.8 Å². The van der Waals surface area contributed by atoms with Crippen LogP contribution in [0.15, 0.2) is 42.5 Å². The number of carbonyl (C=O) groups is 2. The highest BCUT2D eigenvalue weighted by molar-refractivity contribution is 5.86. The van der Waals surface area contributed by atoms with Gasteiger partial charge in [0.1, 0.15) is 17.4 Å². The summed E-state index contributed by atoms with van der Waals surface area (Å²) >= 11 is 0. The first-order valence-corrected chi connectivity index (χ1v) is 11.8. The van der Waals surface area contributed by atoms with Crippen LogP contribution in [0.25, 0.3) is 0 Å². The van der Waals surface area contributed by atoms with E-state index < -0.39 is 17.7 Å². The number of rotatable bonds is 5. The second-order valence-electron chi connectivity index (χ2n) is 10.0. The zero-order valence-electron chi connectivity index (χ0n) is 21.2. The summed E-state index contributed by atoms with van der Waals surface area (Å²) < 4.78 is 5.54. The largest absolute Gasteiger partial charge is 0.508 e. The van der Waals surface area contributed by atoms with Crippen molar-refractivity contribution in [1.82, 2.24) is 9.80 Å². The van der Waals surface area contributed by atoms with Crippen molar-refractivity contribution in [2.45, 2.75) is 52.7 Å². The lowest BCUT2D eigenvalue weighted by Gasteiger charge is -2.40. The van der Waals surface area contributed by atoms with Crippen LogP contribution in [0.4, 0.5) is 10.5 Å². The number of aromatic hydroxyl groups is 1. The lowest BCUT2D eigenvalue weighted by molar-refractivity contribution is -0.136. The molecule has 1 fully saturated rings. The van der Waals surface area contributed by atoms with Crippen molar-refractivity contribution in [3.05, 3.63) is 59.2 Å². The first kappa shape index (κ1) is 25.4. The van der Waals surface area contributed by atoms with Crippen LogP contribution in [-0.2, 0) is 16.0 Å². The number of carbonyl (C=O) groups excluding carboxylic acids is 2. The van der Waals surface area contributed by atoms with Crippen LogP contribution in [0.5, 0.6) is 5.75 Å². The third-order valence-electron chi connectivity index (χ3n) is 6.31. The van der Waals surface area contributed by atoms with E-state index in [0.29, 0.717) is 19.5 Å². The molecule has 0 aliphatic carbocycles. The number of likely N-dealkylation sites (N-methyl/N-ethyl adjacent to an activating group) is 1. The number of nitrogens with zero attached hydrogens (tertiary/aromatic N) is 3. The van der Waals surface area contributed by atoms with Crippen LogP contribution in [0.2, 0.25) is 0 Å². The van der Waals surface area contributed by atoms with Gasteiger partial charge >= 0.3 is 6.09 Å². The van der Waals surface area contributed by atoms with Gasteiger partial charge in [-0.2, -0.15) is 0 Å². The summed E-state index contributed by atoms with van der Waals surface area (Å²) in [6.07, 6.45) is -0.190. The quantitative estimate of drug-likeness (QED) is 0.716. The van der Waals surface area contributed by atoms with E-state index in [1.165, 1.54) is 21.7 Å². The lowest BCUT2D eigenvalue weighted by atomic mass is 10.0. The molecule has 7 heteroatoms. The number of amides is 2. The number of anilines is 1. The number of hydrogen-bond acceptors (Lipinski definition) is 5. The van der Waals surface area contributed by atoms with Gasteiger partial charge in [0.25, 0.3) is 0 Å². The smallest absolute Gasteiger partial charge is 0.410 e. The van der Waals surface area contributed by atoms with Gasteiger partial charge in [0.05, 0.1) is 0 Å². The fourth-order valence-electron chi connectivity index (χ4n) is 4.16. The SMILES string of the molecule is Cc1cccc(N2CCN(C(=O)C(Cc3ccc(O)cc3)N(C)C(=O)OC(C)(C)C)CC2)c1C. The Bertz CT molecular complexity index is 1010. The summed E-state index contributed by atoms with van der Waals surface area (Å²) in [5.74, 6) is 0.0664. The molecule has 0 aromatic heterocycles. The van der Waals surface area contributed by atoms with Crippen molar-refractivity contribution in [2.75, 3.05) is 38.1 Å². The molecule has 3 rings (SSSR count). The molecular formula is C27H37N3O4. The van der Waals surface area contributed by atoms with E-state index in [2.05, 4.69) is 36.9 Å². The van der Waals surface area contributed by atoms with E-state index >= 15 is 0 Å². The van der Waals surface area contributed by atoms with E-state index in [1.807, 2.05) is 25.7 Å². The maximum atomic E-state index is 13.7. The number of ether oxygens (including phenoxy) is 1. The molecule has 2 amide bonds. The minimum Gasteiger partial charge on any atom is -0.508 e. The van der Waals surface area contributed by atoms with E-state index in [0.717, 1.165) is 18.7 Å². The summed E-state index contributed by atoms with van der Waals surface area (Å²) in [6.45, 7) is 12.3. The molecule has 1 aliphatic heterocycles. The average Bonchev–Trinajstić information content (AvgIpc) is 2.78. The summed E-state index contributed by atoms with van der Waals surface area (Å²) in [4.78, 5) is 32.0. The Morgan fingerprint density at radius 1 is 1.03 bits per heavy atom. The molecule has 34 heavy (non-hydrogen) atoms. The first-order valence-electron chi connectivity index (χ1n) is 11.8. The summed E-state index contributed by atoms with van der Waals surface area (Å²) in [5, 5.41) is 9.62. The topological polar surface area (TPSA) is 73.3 Å². The monoisotopic (exact) mass is 467 g/mol. The molecule has 2 aromatic rings. The van der Waals surface area contributed by atoms with Gasteiger partial charge in [0, 0.05) is 45.3 Å². The predicted molar refractivity (Wildman–Crippen MR) is 134 cm³/mol. The van der Waals surface area contributed by atoms with Crippen molar-refractivity contribution < 1.29 is 19.4 Å². The van der Waals surface area contributed by atoms with E-state index in [1.54, 1.807) is 31.3 Å². The molecule has 1 atom stereocenters. The predicted octanol–water partition coefficient (Wildman–Crippen LogP) is 4.14. The molecular weight excluding hydrogens is 430 g/mol. The lowest BCUT2D eigenvalue weighted by Crippen LogP contribution is -2.56. The standard InChI is InChI=1S/C27H37N3O4/c1-19-8-7-9-23(20(19)2)29-14-16-30(17-15-29)25(32)24(18-21-10-12-22(31)13-11-21)28(6)26(33)34-27(3,4)5/h7-13,24,31H,14-18H2,1-6H3. The summed E-state index contributed by atoms with van der Waals surface area (Å²) in [6, 6.07) is 12.3. The molecule has 0 radical (unpaired) electrons. The first-order chi connectivity index (χ1) is 16.0. The minimum atomic E-state index is -0.702. The van der Waals surface area contributed by atoms with Crippen molar-refractivity contribution >= 4 is 17.7 Å². The highest BCUT2D eigenvalue weighted by Gasteiger charge is 2.34. The van der Waals surface area contributed by atoms with Crippen molar-refractivity contribution in [3.8, 4) is 5.75 Å². The molecule has 184 valence electrons. The Hall–Kier alpha value is -3.22. The number of phenolic OH excluding ortho intramolecular Hbond substituents is 1. The molecule has 1 saturated heterocycles.